The molecule has 7 heteroatoms. The minimum Gasteiger partial charge on any atom is -0.353 e. The van der Waals surface area contributed by atoms with Crippen LogP contribution in [0.3, 0.4) is 0 Å². The van der Waals surface area contributed by atoms with Crippen LogP contribution in [-0.2, 0) is 0 Å². The van der Waals surface area contributed by atoms with Gasteiger partial charge in [0, 0.05) is 28.5 Å². The quantitative estimate of drug-likeness (QED) is 0.381. The summed E-state index contributed by atoms with van der Waals surface area (Å²) in [6.07, 6.45) is 0.792. The van der Waals surface area contributed by atoms with Crippen LogP contribution in [0.2, 0.25) is 0 Å². The van der Waals surface area contributed by atoms with Crippen LogP contribution in [0.25, 0.3) is 10.8 Å². The number of nitrogens with zero attached hydrogens (tertiary/aromatic N) is 1. The molecule has 1 aliphatic rings. The van der Waals surface area contributed by atoms with Crippen LogP contribution in [-0.4, -0.2) is 17.4 Å². The topological polar surface area (TPSA) is 84.3 Å². The van der Waals surface area contributed by atoms with Crippen LogP contribution in [0, 0.1) is 10.1 Å². The Bertz CT molecular complexity index is 1080. The van der Waals surface area contributed by atoms with E-state index in [1.54, 1.807) is 0 Å². The van der Waals surface area contributed by atoms with Crippen molar-refractivity contribution >= 4 is 45.5 Å². The fraction of sp³-hybridized carbons (Fsp3) is 0.150. The molecule has 0 radical (unpaired) electrons. The number of benzene rings is 3. The van der Waals surface area contributed by atoms with Gasteiger partial charge in [0.05, 0.1) is 21.9 Å². The first kappa shape index (κ1) is 17.4. The third-order valence-corrected chi connectivity index (χ3v) is 5.62. The predicted molar refractivity (Wildman–Crippen MR) is 107 cm³/mol. The molecule has 0 atom stereocenters. The second-order valence-corrected chi connectivity index (χ2v) is 7.32. The molecule has 0 spiro atoms. The lowest BCUT2D eigenvalue weighted by Crippen LogP contribution is -2.25. The van der Waals surface area contributed by atoms with Crippen molar-refractivity contribution in [1.82, 2.24) is 5.32 Å². The zero-order valence-electron chi connectivity index (χ0n) is 14.6. The number of anilines is 2. The van der Waals surface area contributed by atoms with Gasteiger partial charge in [0.1, 0.15) is 0 Å². The van der Waals surface area contributed by atoms with Gasteiger partial charge < -0.3 is 10.6 Å². The first-order chi connectivity index (χ1) is 13.1. The van der Waals surface area contributed by atoms with E-state index in [1.807, 2.05) is 43.3 Å². The van der Waals surface area contributed by atoms with Crippen molar-refractivity contribution in [3.63, 3.8) is 0 Å². The SMILES string of the molecule is CCCNC(=O)c1cc([N+](=O)[O-])cc2c1Nc1ccc3ccccc3c1S2. The largest absolute Gasteiger partial charge is 0.353 e. The molecule has 4 rings (SSSR count). The average molecular weight is 379 g/mol. The van der Waals surface area contributed by atoms with E-state index in [4.69, 9.17) is 0 Å². The van der Waals surface area contributed by atoms with Crippen LogP contribution in [0.4, 0.5) is 17.1 Å². The number of carbonyl (C=O) groups excluding carboxylic acids is 1. The summed E-state index contributed by atoms with van der Waals surface area (Å²) in [5.74, 6) is -0.311. The van der Waals surface area contributed by atoms with Gasteiger partial charge in [-0.05, 0) is 23.3 Å². The molecule has 2 N–H and O–H groups in total. The maximum atomic E-state index is 12.6. The third kappa shape index (κ3) is 3.10. The van der Waals surface area contributed by atoms with Crippen LogP contribution in [0.1, 0.15) is 23.7 Å². The summed E-state index contributed by atoms with van der Waals surface area (Å²) < 4.78 is 0. The van der Waals surface area contributed by atoms with Crippen molar-refractivity contribution in [3.8, 4) is 0 Å². The first-order valence-corrected chi connectivity index (χ1v) is 9.47. The Balaban J connectivity index is 1.85. The van der Waals surface area contributed by atoms with E-state index >= 15 is 0 Å². The normalized spacial score (nSPS) is 12.0. The van der Waals surface area contributed by atoms with E-state index in [2.05, 4.69) is 10.6 Å². The second-order valence-electron chi connectivity index (χ2n) is 6.27. The number of hydrogen-bond donors (Lipinski definition) is 2. The molecule has 0 saturated heterocycles. The van der Waals surface area contributed by atoms with Gasteiger partial charge in [-0.2, -0.15) is 0 Å². The van der Waals surface area contributed by atoms with Gasteiger partial charge >= 0.3 is 0 Å². The fourth-order valence-corrected chi connectivity index (χ4v) is 4.31. The standard InChI is InChI=1S/C20H17N3O3S/c1-2-9-21-20(24)15-10-13(23(25)26)11-17-18(15)22-16-8-7-12-5-3-4-6-14(12)19(16)27-17/h3-8,10-11,22H,2,9H2,1H3,(H,21,24). The predicted octanol–water partition coefficient (Wildman–Crippen LogP) is 5.10. The van der Waals surface area contributed by atoms with E-state index in [0.29, 0.717) is 22.7 Å². The third-order valence-electron chi connectivity index (χ3n) is 4.43. The molecule has 1 heterocycles. The Morgan fingerprint density at radius 3 is 2.81 bits per heavy atom. The molecule has 1 aliphatic heterocycles. The van der Waals surface area contributed by atoms with Crippen molar-refractivity contribution in [2.75, 3.05) is 11.9 Å². The van der Waals surface area contributed by atoms with Gasteiger partial charge in [-0.1, -0.05) is 49.0 Å². The Hall–Kier alpha value is -3.06. The Morgan fingerprint density at radius 1 is 1.22 bits per heavy atom. The second kappa shape index (κ2) is 6.92. The summed E-state index contributed by atoms with van der Waals surface area (Å²) in [6, 6.07) is 14.9. The van der Waals surface area contributed by atoms with Gasteiger partial charge in [0.2, 0.25) is 0 Å². The number of amides is 1. The zero-order valence-corrected chi connectivity index (χ0v) is 15.4. The van der Waals surface area contributed by atoms with Crippen molar-refractivity contribution < 1.29 is 9.72 Å². The van der Waals surface area contributed by atoms with Crippen LogP contribution in [0.5, 0.6) is 0 Å². The number of nitro groups is 1. The average Bonchev–Trinajstić information content (AvgIpc) is 2.69. The number of hydrogen-bond acceptors (Lipinski definition) is 5. The zero-order chi connectivity index (χ0) is 19.0. The molecule has 0 saturated carbocycles. The molecule has 3 aromatic rings. The summed E-state index contributed by atoms with van der Waals surface area (Å²) in [7, 11) is 0. The highest BCUT2D eigenvalue weighted by Crippen LogP contribution is 2.49. The maximum Gasteiger partial charge on any atom is 0.271 e. The number of nitrogens with one attached hydrogen (secondary N) is 2. The molecule has 6 nitrogen and oxygen atoms in total. The Labute approximate surface area is 160 Å². The van der Waals surface area contributed by atoms with Crippen molar-refractivity contribution in [3.05, 3.63) is 64.2 Å². The number of rotatable bonds is 4. The van der Waals surface area contributed by atoms with E-state index in [-0.39, 0.29) is 11.6 Å². The molecular formula is C20H17N3O3S. The van der Waals surface area contributed by atoms with Gasteiger partial charge in [-0.3, -0.25) is 14.9 Å². The Morgan fingerprint density at radius 2 is 2.04 bits per heavy atom. The minimum absolute atomic E-state index is 0.0895. The number of nitro benzene ring substituents is 1. The smallest absolute Gasteiger partial charge is 0.271 e. The molecule has 136 valence electrons. The summed E-state index contributed by atoms with van der Waals surface area (Å²) in [5, 5.41) is 19.7. The number of carbonyl (C=O) groups is 1. The van der Waals surface area contributed by atoms with E-state index in [9.17, 15) is 14.9 Å². The monoisotopic (exact) mass is 379 g/mol. The van der Waals surface area contributed by atoms with Crippen molar-refractivity contribution in [2.24, 2.45) is 0 Å². The molecule has 27 heavy (non-hydrogen) atoms. The molecular weight excluding hydrogens is 362 g/mol. The highest BCUT2D eigenvalue weighted by atomic mass is 32.2. The number of non-ortho nitro benzene ring substituents is 1. The highest BCUT2D eigenvalue weighted by Gasteiger charge is 2.26. The van der Waals surface area contributed by atoms with Crippen LogP contribution < -0.4 is 10.6 Å². The fourth-order valence-electron chi connectivity index (χ4n) is 3.12. The van der Waals surface area contributed by atoms with E-state index in [0.717, 1.165) is 27.8 Å². The Kier molecular flexibility index (Phi) is 4.45. The highest BCUT2D eigenvalue weighted by molar-refractivity contribution is 8.00. The number of fused-ring (bicyclic) bond motifs is 4. The molecule has 0 aromatic heterocycles. The summed E-state index contributed by atoms with van der Waals surface area (Å²) in [4.78, 5) is 25.2. The van der Waals surface area contributed by atoms with Crippen molar-refractivity contribution in [2.45, 2.75) is 23.1 Å². The lowest BCUT2D eigenvalue weighted by Gasteiger charge is -2.24. The molecule has 0 fully saturated rings. The van der Waals surface area contributed by atoms with Gasteiger partial charge in [-0.15, -0.1) is 0 Å². The van der Waals surface area contributed by atoms with E-state index in [1.165, 1.54) is 23.9 Å². The molecule has 3 aromatic carbocycles. The lowest BCUT2D eigenvalue weighted by atomic mass is 10.1. The molecule has 1 amide bonds. The lowest BCUT2D eigenvalue weighted by molar-refractivity contribution is -0.385. The summed E-state index contributed by atoms with van der Waals surface area (Å²) in [5.41, 5.74) is 1.71. The molecule has 0 unspecified atom stereocenters. The molecule has 0 aliphatic carbocycles. The summed E-state index contributed by atoms with van der Waals surface area (Å²) in [6.45, 7) is 2.48. The van der Waals surface area contributed by atoms with Crippen LogP contribution in [0.15, 0.2) is 58.3 Å². The van der Waals surface area contributed by atoms with Crippen molar-refractivity contribution in [1.29, 1.82) is 0 Å². The van der Waals surface area contributed by atoms with Gasteiger partial charge in [-0.25, -0.2) is 0 Å². The van der Waals surface area contributed by atoms with Crippen LogP contribution >= 0.6 is 11.8 Å². The molecule has 0 bridgehead atoms. The van der Waals surface area contributed by atoms with Gasteiger partial charge in [0.25, 0.3) is 11.6 Å². The van der Waals surface area contributed by atoms with Gasteiger partial charge in [0.15, 0.2) is 0 Å². The first-order valence-electron chi connectivity index (χ1n) is 8.65. The minimum atomic E-state index is -0.462. The maximum absolute atomic E-state index is 12.6. The summed E-state index contributed by atoms with van der Waals surface area (Å²) >= 11 is 1.45. The van der Waals surface area contributed by atoms with E-state index < -0.39 is 4.92 Å².